The van der Waals surface area contributed by atoms with Gasteiger partial charge in [-0.1, -0.05) is 54.6 Å². The Balaban J connectivity index is 1.78. The van der Waals surface area contributed by atoms with Crippen LogP contribution in [0, 0.1) is 10.1 Å². The van der Waals surface area contributed by atoms with E-state index >= 15 is 0 Å². The van der Waals surface area contributed by atoms with Gasteiger partial charge in [0.15, 0.2) is 0 Å². The summed E-state index contributed by atoms with van der Waals surface area (Å²) in [4.78, 5) is 35.7. The number of non-ortho nitro benzene ring substituents is 1. The Morgan fingerprint density at radius 3 is 2.12 bits per heavy atom. The van der Waals surface area contributed by atoms with Crippen molar-refractivity contribution in [1.29, 1.82) is 0 Å². The van der Waals surface area contributed by atoms with Crippen molar-refractivity contribution in [2.24, 2.45) is 5.10 Å². The SMILES string of the molecule is CC(/C=C(\NC(=O)c1ccccc1)C(=O)N/N=C/c1ccc([N+](=O)[O-])cc1)=C\c1ccccc1. The van der Waals surface area contributed by atoms with Gasteiger partial charge in [0.25, 0.3) is 17.5 Å². The van der Waals surface area contributed by atoms with Crippen molar-refractivity contribution in [3.05, 3.63) is 129 Å². The van der Waals surface area contributed by atoms with Crippen LogP contribution in [0.5, 0.6) is 0 Å². The van der Waals surface area contributed by atoms with E-state index in [1.54, 1.807) is 36.4 Å². The molecule has 0 aromatic heterocycles. The largest absolute Gasteiger partial charge is 0.317 e. The normalized spacial score (nSPS) is 11.8. The quantitative estimate of drug-likeness (QED) is 0.172. The number of allylic oxidation sites excluding steroid dienone is 2. The van der Waals surface area contributed by atoms with Gasteiger partial charge in [0.2, 0.25) is 0 Å². The van der Waals surface area contributed by atoms with E-state index in [0.29, 0.717) is 11.1 Å². The van der Waals surface area contributed by atoms with Crippen LogP contribution < -0.4 is 10.7 Å². The first-order valence-electron chi connectivity index (χ1n) is 10.3. The van der Waals surface area contributed by atoms with Crippen LogP contribution in [-0.4, -0.2) is 23.0 Å². The lowest BCUT2D eigenvalue weighted by atomic mass is 10.1. The zero-order valence-corrected chi connectivity index (χ0v) is 18.3. The van der Waals surface area contributed by atoms with Gasteiger partial charge < -0.3 is 5.32 Å². The average molecular weight is 454 g/mol. The highest BCUT2D eigenvalue weighted by molar-refractivity contribution is 6.03. The lowest BCUT2D eigenvalue weighted by Crippen LogP contribution is -2.33. The molecule has 3 aromatic rings. The minimum atomic E-state index is -0.622. The molecule has 0 unspecified atom stereocenters. The summed E-state index contributed by atoms with van der Waals surface area (Å²) in [6.45, 7) is 1.81. The van der Waals surface area contributed by atoms with E-state index in [0.717, 1.165) is 11.1 Å². The Morgan fingerprint density at radius 1 is 0.882 bits per heavy atom. The highest BCUT2D eigenvalue weighted by Crippen LogP contribution is 2.11. The molecule has 8 heteroatoms. The van der Waals surface area contributed by atoms with E-state index in [1.165, 1.54) is 30.5 Å². The van der Waals surface area contributed by atoms with Crippen LogP contribution in [0.1, 0.15) is 28.4 Å². The second-order valence-corrected chi connectivity index (χ2v) is 7.22. The van der Waals surface area contributed by atoms with Crippen LogP contribution in [0.15, 0.2) is 107 Å². The monoisotopic (exact) mass is 454 g/mol. The molecule has 2 N–H and O–H groups in total. The second kappa shape index (κ2) is 11.7. The smallest absolute Gasteiger partial charge is 0.287 e. The predicted octanol–water partition coefficient (Wildman–Crippen LogP) is 4.46. The maximum Gasteiger partial charge on any atom is 0.287 e. The van der Waals surface area contributed by atoms with E-state index in [1.807, 2.05) is 43.3 Å². The van der Waals surface area contributed by atoms with E-state index in [4.69, 9.17) is 0 Å². The Morgan fingerprint density at radius 2 is 1.50 bits per heavy atom. The van der Waals surface area contributed by atoms with E-state index < -0.39 is 16.7 Å². The van der Waals surface area contributed by atoms with Gasteiger partial charge in [-0.25, -0.2) is 5.43 Å². The van der Waals surface area contributed by atoms with Gasteiger partial charge >= 0.3 is 0 Å². The number of hydrogen-bond donors (Lipinski definition) is 2. The molecule has 0 saturated carbocycles. The number of nitrogens with one attached hydrogen (secondary N) is 2. The zero-order valence-electron chi connectivity index (χ0n) is 18.3. The first kappa shape index (κ1) is 23.8. The molecule has 0 aliphatic carbocycles. The fraction of sp³-hybridized carbons (Fsp3) is 0.0385. The molecule has 0 atom stereocenters. The molecule has 0 spiro atoms. The van der Waals surface area contributed by atoms with Gasteiger partial charge in [0.1, 0.15) is 5.70 Å². The Kier molecular flexibility index (Phi) is 8.18. The maximum atomic E-state index is 12.8. The maximum absolute atomic E-state index is 12.8. The third-order valence-electron chi connectivity index (χ3n) is 4.58. The summed E-state index contributed by atoms with van der Waals surface area (Å²) in [6.07, 6.45) is 4.79. The average Bonchev–Trinajstić information content (AvgIpc) is 2.85. The van der Waals surface area contributed by atoms with Gasteiger partial charge in [0, 0.05) is 17.7 Å². The molecule has 0 heterocycles. The van der Waals surface area contributed by atoms with Crippen LogP contribution >= 0.6 is 0 Å². The standard InChI is InChI=1S/C26H22N4O4/c1-19(16-20-8-4-2-5-9-20)17-24(28-25(31)22-10-6-3-7-11-22)26(32)29-27-18-21-12-14-23(15-13-21)30(33)34/h2-18H,1H3,(H,28,31)(H,29,32)/b19-16+,24-17-,27-18+. The third kappa shape index (κ3) is 7.10. The molecule has 0 aliphatic heterocycles. The number of rotatable bonds is 8. The second-order valence-electron chi connectivity index (χ2n) is 7.22. The minimum absolute atomic E-state index is 0.0133. The molecule has 0 radical (unpaired) electrons. The molecule has 170 valence electrons. The van der Waals surface area contributed by atoms with Crippen molar-refractivity contribution >= 4 is 29.8 Å². The Bertz CT molecular complexity index is 1250. The van der Waals surface area contributed by atoms with Gasteiger partial charge in [-0.3, -0.25) is 19.7 Å². The van der Waals surface area contributed by atoms with Crippen LogP contribution in [0.25, 0.3) is 6.08 Å². The van der Waals surface area contributed by atoms with Crippen LogP contribution in [0.4, 0.5) is 5.69 Å². The molecule has 0 fully saturated rings. The number of nitro benzene ring substituents is 1. The van der Waals surface area contributed by atoms with Crippen molar-refractivity contribution in [2.75, 3.05) is 0 Å². The number of hydrogen-bond acceptors (Lipinski definition) is 5. The van der Waals surface area contributed by atoms with Crippen molar-refractivity contribution in [3.63, 3.8) is 0 Å². The number of hydrazone groups is 1. The number of nitro groups is 1. The van der Waals surface area contributed by atoms with Gasteiger partial charge in [-0.05, 0) is 54.0 Å². The summed E-state index contributed by atoms with van der Waals surface area (Å²) < 4.78 is 0. The molecule has 34 heavy (non-hydrogen) atoms. The summed E-state index contributed by atoms with van der Waals surface area (Å²) in [5.74, 6) is -1.06. The fourth-order valence-electron chi connectivity index (χ4n) is 2.93. The number of carbonyl (C=O) groups is 2. The Hall–Kier alpha value is -4.85. The Labute approximate surface area is 196 Å². The molecule has 3 rings (SSSR count). The number of benzene rings is 3. The summed E-state index contributed by atoms with van der Waals surface area (Å²) in [5, 5.41) is 17.3. The highest BCUT2D eigenvalue weighted by Gasteiger charge is 2.14. The predicted molar refractivity (Wildman–Crippen MR) is 131 cm³/mol. The van der Waals surface area contributed by atoms with E-state index in [9.17, 15) is 19.7 Å². The van der Waals surface area contributed by atoms with Gasteiger partial charge in [0.05, 0.1) is 11.1 Å². The highest BCUT2D eigenvalue weighted by atomic mass is 16.6. The summed E-state index contributed by atoms with van der Waals surface area (Å²) >= 11 is 0. The van der Waals surface area contributed by atoms with E-state index in [2.05, 4.69) is 15.8 Å². The van der Waals surface area contributed by atoms with Crippen LogP contribution in [-0.2, 0) is 4.79 Å². The molecule has 0 saturated heterocycles. The molecule has 8 nitrogen and oxygen atoms in total. The topological polar surface area (TPSA) is 114 Å². The molecule has 3 aromatic carbocycles. The summed E-state index contributed by atoms with van der Waals surface area (Å²) in [6, 6.07) is 23.8. The first-order chi connectivity index (χ1) is 16.4. The lowest BCUT2D eigenvalue weighted by molar-refractivity contribution is -0.384. The van der Waals surface area contributed by atoms with Crippen molar-refractivity contribution < 1.29 is 14.5 Å². The molecule has 2 amide bonds. The molecular weight excluding hydrogens is 432 g/mol. The van der Waals surface area contributed by atoms with Crippen LogP contribution in [0.2, 0.25) is 0 Å². The van der Waals surface area contributed by atoms with E-state index in [-0.39, 0.29) is 11.4 Å². The molecular formula is C26H22N4O4. The van der Waals surface area contributed by atoms with Gasteiger partial charge in [-0.2, -0.15) is 5.10 Å². The van der Waals surface area contributed by atoms with Gasteiger partial charge in [-0.15, -0.1) is 0 Å². The number of carbonyl (C=O) groups excluding carboxylic acids is 2. The summed E-state index contributed by atoms with van der Waals surface area (Å²) in [5.41, 5.74) is 5.00. The fourth-order valence-corrected chi connectivity index (χ4v) is 2.93. The minimum Gasteiger partial charge on any atom is -0.317 e. The van der Waals surface area contributed by atoms with Crippen molar-refractivity contribution in [1.82, 2.24) is 10.7 Å². The lowest BCUT2D eigenvalue weighted by Gasteiger charge is -2.09. The van der Waals surface area contributed by atoms with Crippen LogP contribution in [0.3, 0.4) is 0 Å². The summed E-state index contributed by atoms with van der Waals surface area (Å²) in [7, 11) is 0. The number of amides is 2. The van der Waals surface area contributed by atoms with Crippen molar-refractivity contribution in [2.45, 2.75) is 6.92 Å². The van der Waals surface area contributed by atoms with Crippen molar-refractivity contribution in [3.8, 4) is 0 Å². The molecule has 0 aliphatic rings. The number of nitrogens with zero attached hydrogens (tertiary/aromatic N) is 2. The molecule has 0 bridgehead atoms. The third-order valence-corrected chi connectivity index (χ3v) is 4.58. The first-order valence-corrected chi connectivity index (χ1v) is 10.3. The zero-order chi connectivity index (χ0) is 24.3.